The molecule has 6 heteroatoms. The Morgan fingerprint density at radius 3 is 1.60 bits per heavy atom. The number of rotatable bonds is 2. The van der Waals surface area contributed by atoms with E-state index in [0.717, 1.165) is 13.2 Å². The molecular formula is C4H13NaO4S. The molecule has 0 saturated carbocycles. The van der Waals surface area contributed by atoms with Crippen LogP contribution >= 0.6 is 0 Å². The first-order valence-electron chi connectivity index (χ1n) is 2.52. The van der Waals surface area contributed by atoms with Crippen molar-refractivity contribution in [3.63, 3.8) is 0 Å². The molecule has 0 saturated heterocycles. The van der Waals surface area contributed by atoms with Crippen LogP contribution < -0.4 is 29.6 Å². The minimum Gasteiger partial charge on any atom is -1.00 e. The van der Waals surface area contributed by atoms with E-state index in [1.807, 2.05) is 13.8 Å². The zero-order chi connectivity index (χ0) is 7.70. The fourth-order valence-corrected chi connectivity index (χ4v) is 0.204. The van der Waals surface area contributed by atoms with Gasteiger partial charge < -0.3 is 6.16 Å². The summed E-state index contributed by atoms with van der Waals surface area (Å²) in [7, 11) is 0. The van der Waals surface area contributed by atoms with Gasteiger partial charge in [-0.3, -0.25) is 9.11 Å². The molecule has 0 unspecified atom stereocenters. The molecule has 0 bridgehead atoms. The summed E-state index contributed by atoms with van der Waals surface area (Å²) in [5.74, 6) is 0. The van der Waals surface area contributed by atoms with Crippen LogP contribution in [0.15, 0.2) is 0 Å². The predicted molar refractivity (Wildman–Crippen MR) is 36.7 cm³/mol. The molecule has 4 nitrogen and oxygen atoms in total. The molecule has 0 amide bonds. The topological polar surface area (TPSA) is 66.8 Å². The van der Waals surface area contributed by atoms with Crippen LogP contribution in [0.4, 0.5) is 0 Å². The zero-order valence-electron chi connectivity index (χ0n) is 7.53. The van der Waals surface area contributed by atoms with Crippen molar-refractivity contribution in [3.05, 3.63) is 0 Å². The molecule has 0 spiro atoms. The van der Waals surface area contributed by atoms with Gasteiger partial charge in [0.2, 0.25) is 0 Å². The van der Waals surface area contributed by atoms with Gasteiger partial charge in [-0.15, -0.1) is 0 Å². The molecule has 0 aromatic heterocycles. The summed E-state index contributed by atoms with van der Waals surface area (Å²) >= 11 is -2.61. The van der Waals surface area contributed by atoms with Gasteiger partial charge in [0.1, 0.15) is 0 Å². The van der Waals surface area contributed by atoms with E-state index < -0.39 is 11.4 Å². The van der Waals surface area contributed by atoms with Crippen molar-refractivity contribution in [1.82, 2.24) is 0 Å². The van der Waals surface area contributed by atoms with Crippen molar-refractivity contribution in [2.24, 2.45) is 0 Å². The first-order chi connectivity index (χ1) is 4.15. The quantitative estimate of drug-likeness (QED) is 0.375. The molecule has 2 N–H and O–H groups in total. The first-order valence-corrected chi connectivity index (χ1v) is 3.59. The fourth-order valence-electron chi connectivity index (χ4n) is 0.204. The maximum Gasteiger partial charge on any atom is 1.00 e. The van der Waals surface area contributed by atoms with Gasteiger partial charge in [-0.25, -0.2) is 0 Å². The second-order valence-electron chi connectivity index (χ2n) is 1.01. The normalized spacial score (nSPS) is 7.70. The van der Waals surface area contributed by atoms with Crippen LogP contribution in [0.5, 0.6) is 0 Å². The fraction of sp³-hybridized carbons (Fsp3) is 1.00. The molecule has 0 radical (unpaired) electrons. The summed E-state index contributed by atoms with van der Waals surface area (Å²) in [4.78, 5) is 0. The van der Waals surface area contributed by atoms with Gasteiger partial charge in [0.05, 0.1) is 0 Å². The second kappa shape index (κ2) is 16.5. The van der Waals surface area contributed by atoms with Crippen LogP contribution in [0.25, 0.3) is 0 Å². The third-order valence-corrected chi connectivity index (χ3v) is 0.408. The van der Waals surface area contributed by atoms with Crippen LogP contribution in [0.3, 0.4) is 0 Å². The average Bonchev–Trinajstić information content (AvgIpc) is 1.66. The van der Waals surface area contributed by atoms with Gasteiger partial charge in [0, 0.05) is 13.2 Å². The number of hydrogen-bond donors (Lipinski definition) is 2. The maximum atomic E-state index is 8.67. The minimum absolute atomic E-state index is 0. The summed E-state index contributed by atoms with van der Waals surface area (Å²) < 4.78 is 27.7. The van der Waals surface area contributed by atoms with Crippen molar-refractivity contribution < 1.29 is 49.0 Å². The summed E-state index contributed by atoms with van der Waals surface area (Å²) in [6.45, 7) is 5.67. The SMILES string of the molecule is CCOCC.O=S(O)O.[H-].[Na+]. The maximum absolute atomic E-state index is 8.67. The Kier molecular flexibility index (Phi) is 28.5. The zero-order valence-corrected chi connectivity index (χ0v) is 9.35. The van der Waals surface area contributed by atoms with E-state index in [-0.39, 0.29) is 31.0 Å². The van der Waals surface area contributed by atoms with Crippen molar-refractivity contribution in [2.75, 3.05) is 13.2 Å². The molecule has 0 rings (SSSR count). The Morgan fingerprint density at radius 1 is 1.40 bits per heavy atom. The van der Waals surface area contributed by atoms with E-state index in [0.29, 0.717) is 0 Å². The molecule has 0 aliphatic rings. The molecule has 0 aliphatic carbocycles. The van der Waals surface area contributed by atoms with E-state index in [1.54, 1.807) is 0 Å². The largest absolute Gasteiger partial charge is 1.00 e. The van der Waals surface area contributed by atoms with Gasteiger partial charge >= 0.3 is 29.6 Å². The van der Waals surface area contributed by atoms with Crippen LogP contribution in [0.1, 0.15) is 15.3 Å². The van der Waals surface area contributed by atoms with Gasteiger partial charge in [-0.2, -0.15) is 4.21 Å². The van der Waals surface area contributed by atoms with Gasteiger partial charge in [-0.05, 0) is 13.8 Å². The molecule has 0 aromatic carbocycles. The summed E-state index contributed by atoms with van der Waals surface area (Å²) in [5.41, 5.74) is 0. The molecule has 60 valence electrons. The van der Waals surface area contributed by atoms with Gasteiger partial charge in [0.15, 0.2) is 0 Å². The Morgan fingerprint density at radius 2 is 1.60 bits per heavy atom. The molecule has 0 fully saturated rings. The van der Waals surface area contributed by atoms with E-state index >= 15 is 0 Å². The molecule has 10 heavy (non-hydrogen) atoms. The molecule has 0 atom stereocenters. The van der Waals surface area contributed by atoms with Gasteiger partial charge in [0.25, 0.3) is 11.4 Å². The standard InChI is InChI=1S/C4H10O.Na.H2O3S.H/c1-3-5-4-2;;1-4(2)3;/h3-4H2,1-2H3;;(H2,1,2,3);/q;+1;;-1. The van der Waals surface area contributed by atoms with Crippen molar-refractivity contribution in [2.45, 2.75) is 13.8 Å². The van der Waals surface area contributed by atoms with Crippen LogP contribution in [-0.2, 0) is 16.1 Å². The van der Waals surface area contributed by atoms with E-state index in [4.69, 9.17) is 18.1 Å². The Hall–Kier alpha value is 1.03. The smallest absolute Gasteiger partial charge is 1.00 e. The molecule has 0 heterocycles. The number of hydrogen-bond acceptors (Lipinski definition) is 2. The van der Waals surface area contributed by atoms with Gasteiger partial charge in [-0.1, -0.05) is 0 Å². The molecule has 0 aliphatic heterocycles. The van der Waals surface area contributed by atoms with Crippen LogP contribution in [0.2, 0.25) is 0 Å². The Balaban J connectivity index is -0.0000000383. The Labute approximate surface area is 87.2 Å². The van der Waals surface area contributed by atoms with Crippen LogP contribution in [0, 0.1) is 0 Å². The predicted octanol–water partition coefficient (Wildman–Crippen LogP) is -2.16. The third kappa shape index (κ3) is 63.4. The molecule has 0 aromatic rings. The van der Waals surface area contributed by atoms with Crippen molar-refractivity contribution in [3.8, 4) is 0 Å². The monoisotopic (exact) mass is 180 g/mol. The van der Waals surface area contributed by atoms with E-state index in [2.05, 4.69) is 0 Å². The summed E-state index contributed by atoms with van der Waals surface area (Å²) in [6.07, 6.45) is 0. The van der Waals surface area contributed by atoms with Crippen LogP contribution in [-0.4, -0.2) is 26.5 Å². The first kappa shape index (κ1) is 17.2. The van der Waals surface area contributed by atoms with Crippen molar-refractivity contribution >= 4 is 11.4 Å². The average molecular weight is 180 g/mol. The van der Waals surface area contributed by atoms with Crippen molar-refractivity contribution in [1.29, 1.82) is 0 Å². The minimum atomic E-state index is -2.61. The Bertz CT molecular complexity index is 69.1. The molecular weight excluding hydrogens is 167 g/mol. The summed E-state index contributed by atoms with van der Waals surface area (Å²) in [5, 5.41) is 0. The van der Waals surface area contributed by atoms with E-state index in [9.17, 15) is 0 Å². The second-order valence-corrected chi connectivity index (χ2v) is 1.47. The summed E-state index contributed by atoms with van der Waals surface area (Å²) in [6, 6.07) is 0. The number of ether oxygens (including phenoxy) is 1. The third-order valence-electron chi connectivity index (χ3n) is 0.408. The van der Waals surface area contributed by atoms with E-state index in [1.165, 1.54) is 0 Å².